The third kappa shape index (κ3) is 12.5. The number of rotatable bonds is 17. The molecule has 15 nitrogen and oxygen atoms in total. The number of carbonyl (C=O) groups is 5. The number of nitrogens with two attached hydrogens (primary N) is 3. The van der Waals surface area contributed by atoms with Gasteiger partial charge in [0.15, 0.2) is 5.96 Å². The van der Waals surface area contributed by atoms with Crippen LogP contribution in [0.1, 0.15) is 30.4 Å². The molecule has 4 unspecified atom stereocenters. The lowest BCUT2D eigenvalue weighted by Crippen LogP contribution is -2.58. The van der Waals surface area contributed by atoms with E-state index in [2.05, 4.69) is 20.9 Å². The highest BCUT2D eigenvalue weighted by Gasteiger charge is 2.31. The SMILES string of the molecule is NC(N)=NCCCC(NC(=O)C(Cc1ccccc1)NC(=O)C(N)Cc1ccc(O)cc1)C(=O)NC(CC(=O)O)C(=O)O. The molecule has 0 aromatic heterocycles. The van der Waals surface area contributed by atoms with Gasteiger partial charge in [0.1, 0.15) is 23.9 Å². The number of carboxylic acid groups (broad SMARTS) is 2. The number of guanidine groups is 1. The van der Waals surface area contributed by atoms with E-state index in [9.17, 15) is 34.2 Å². The summed E-state index contributed by atoms with van der Waals surface area (Å²) in [7, 11) is 0. The summed E-state index contributed by atoms with van der Waals surface area (Å²) in [4.78, 5) is 66.0. The van der Waals surface area contributed by atoms with Gasteiger partial charge in [-0.3, -0.25) is 24.2 Å². The number of aliphatic carboxylic acids is 2. The molecule has 2 aromatic rings. The van der Waals surface area contributed by atoms with Gasteiger partial charge in [0.25, 0.3) is 0 Å². The Kier molecular flexibility index (Phi) is 13.4. The number of hydrogen-bond donors (Lipinski definition) is 9. The van der Waals surface area contributed by atoms with E-state index in [0.717, 1.165) is 0 Å². The first-order valence-corrected chi connectivity index (χ1v) is 13.3. The Morgan fingerprint density at radius 2 is 1.30 bits per heavy atom. The molecule has 4 atom stereocenters. The van der Waals surface area contributed by atoms with Gasteiger partial charge in [0.2, 0.25) is 17.7 Å². The molecule has 3 amide bonds. The molecule has 0 bridgehead atoms. The summed E-state index contributed by atoms with van der Waals surface area (Å²) in [6.07, 6.45) is -0.590. The fourth-order valence-corrected chi connectivity index (χ4v) is 4.01. The molecule has 15 heteroatoms. The Labute approximate surface area is 247 Å². The summed E-state index contributed by atoms with van der Waals surface area (Å²) in [5.74, 6) is -5.51. The molecule has 0 aliphatic heterocycles. The monoisotopic (exact) mass is 599 g/mol. The molecule has 0 saturated heterocycles. The van der Waals surface area contributed by atoms with Gasteiger partial charge in [-0.05, 0) is 42.5 Å². The Bertz CT molecular complexity index is 1280. The molecular formula is C28H37N7O8. The summed E-state index contributed by atoms with van der Waals surface area (Å²) in [6, 6.07) is 9.56. The smallest absolute Gasteiger partial charge is 0.326 e. The molecule has 2 rings (SSSR count). The van der Waals surface area contributed by atoms with Crippen molar-refractivity contribution in [3.8, 4) is 5.75 Å². The number of nitrogens with zero attached hydrogens (tertiary/aromatic N) is 1. The van der Waals surface area contributed by atoms with Gasteiger partial charge in [-0.2, -0.15) is 0 Å². The molecule has 0 saturated carbocycles. The number of phenols is 1. The van der Waals surface area contributed by atoms with E-state index in [-0.39, 0.29) is 43.9 Å². The second-order valence-electron chi connectivity index (χ2n) is 9.74. The Balaban J connectivity index is 2.25. The third-order valence-corrected chi connectivity index (χ3v) is 6.22. The van der Waals surface area contributed by atoms with Crippen molar-refractivity contribution in [2.75, 3.05) is 6.54 Å². The van der Waals surface area contributed by atoms with Crippen LogP contribution in [0.5, 0.6) is 5.75 Å². The lowest BCUT2D eigenvalue weighted by molar-refractivity contribution is -0.147. The topological polar surface area (TPSA) is 273 Å². The zero-order chi connectivity index (χ0) is 31.9. The molecule has 232 valence electrons. The van der Waals surface area contributed by atoms with E-state index in [0.29, 0.717) is 11.1 Å². The van der Waals surface area contributed by atoms with Crippen LogP contribution >= 0.6 is 0 Å². The van der Waals surface area contributed by atoms with Crippen LogP contribution in [0, 0.1) is 0 Å². The summed E-state index contributed by atoms with van der Waals surface area (Å²) >= 11 is 0. The standard InChI is InChI=1S/C28H37N7O8/c29-19(13-17-8-10-18(36)11-9-17)24(39)34-21(14-16-5-2-1-3-6-16)26(41)33-20(7-4-12-32-28(30)31)25(40)35-22(27(42)43)15-23(37)38/h1-3,5-6,8-11,19-22,36H,4,7,12-15,29H2,(H,33,41)(H,34,39)(H,35,40)(H,37,38)(H,42,43)(H4,30,31,32). The largest absolute Gasteiger partial charge is 0.508 e. The predicted molar refractivity (Wildman–Crippen MR) is 156 cm³/mol. The average Bonchev–Trinajstić information content (AvgIpc) is 2.95. The van der Waals surface area contributed by atoms with E-state index in [1.165, 1.54) is 12.1 Å². The number of carboxylic acids is 2. The minimum atomic E-state index is -1.75. The zero-order valence-electron chi connectivity index (χ0n) is 23.3. The Hall–Kier alpha value is -5.18. The molecule has 0 spiro atoms. The number of phenolic OH excluding ortho intramolecular Hbond substituents is 1. The van der Waals surface area contributed by atoms with Crippen LogP contribution in [0.3, 0.4) is 0 Å². The van der Waals surface area contributed by atoms with Gasteiger partial charge in [-0.1, -0.05) is 42.5 Å². The normalized spacial score (nSPS) is 13.4. The molecular weight excluding hydrogens is 562 g/mol. The van der Waals surface area contributed by atoms with E-state index < -0.39 is 60.2 Å². The first kappa shape index (κ1) is 34.0. The van der Waals surface area contributed by atoms with Gasteiger partial charge >= 0.3 is 11.9 Å². The van der Waals surface area contributed by atoms with Gasteiger partial charge in [0.05, 0.1) is 12.5 Å². The van der Waals surface area contributed by atoms with Crippen LogP contribution in [0.15, 0.2) is 59.6 Å². The summed E-state index contributed by atoms with van der Waals surface area (Å²) in [6.45, 7) is 0.0930. The van der Waals surface area contributed by atoms with Crippen molar-refractivity contribution in [1.29, 1.82) is 0 Å². The van der Waals surface area contributed by atoms with E-state index >= 15 is 0 Å². The van der Waals surface area contributed by atoms with E-state index in [4.69, 9.17) is 22.3 Å². The molecule has 0 heterocycles. The van der Waals surface area contributed by atoms with Crippen molar-refractivity contribution in [3.05, 3.63) is 65.7 Å². The van der Waals surface area contributed by atoms with Gasteiger partial charge < -0.3 is 48.5 Å². The third-order valence-electron chi connectivity index (χ3n) is 6.22. The fourth-order valence-electron chi connectivity index (χ4n) is 4.01. The molecule has 12 N–H and O–H groups in total. The highest BCUT2D eigenvalue weighted by atomic mass is 16.4. The maximum absolute atomic E-state index is 13.5. The van der Waals surface area contributed by atoms with Crippen LogP contribution in [0.2, 0.25) is 0 Å². The highest BCUT2D eigenvalue weighted by molar-refractivity contribution is 5.94. The summed E-state index contributed by atoms with van der Waals surface area (Å²) < 4.78 is 0. The number of aromatic hydroxyl groups is 1. The molecule has 0 aliphatic rings. The van der Waals surface area contributed by atoms with Crippen LogP contribution in [0.25, 0.3) is 0 Å². The number of nitrogens with one attached hydrogen (secondary N) is 3. The number of hydrogen-bond acceptors (Lipinski definition) is 8. The van der Waals surface area contributed by atoms with Crippen molar-refractivity contribution in [2.24, 2.45) is 22.2 Å². The first-order valence-electron chi connectivity index (χ1n) is 13.3. The number of carbonyl (C=O) groups excluding carboxylic acids is 3. The lowest BCUT2D eigenvalue weighted by Gasteiger charge is -2.25. The quantitative estimate of drug-likeness (QED) is 0.0577. The average molecular weight is 600 g/mol. The predicted octanol–water partition coefficient (Wildman–Crippen LogP) is -1.43. The molecule has 43 heavy (non-hydrogen) atoms. The molecule has 0 radical (unpaired) electrons. The first-order chi connectivity index (χ1) is 20.3. The van der Waals surface area contributed by atoms with Crippen molar-refractivity contribution < 1.29 is 39.3 Å². The minimum Gasteiger partial charge on any atom is -0.508 e. The molecule has 2 aromatic carbocycles. The second-order valence-corrected chi connectivity index (χ2v) is 9.74. The molecule has 0 aliphatic carbocycles. The molecule has 0 fully saturated rings. The Morgan fingerprint density at radius 3 is 1.88 bits per heavy atom. The number of aliphatic imine (C=N–C) groups is 1. The van der Waals surface area contributed by atoms with Gasteiger partial charge in [0, 0.05) is 13.0 Å². The van der Waals surface area contributed by atoms with Crippen molar-refractivity contribution in [2.45, 2.75) is 56.3 Å². The highest BCUT2D eigenvalue weighted by Crippen LogP contribution is 2.12. The van der Waals surface area contributed by atoms with Crippen molar-refractivity contribution in [1.82, 2.24) is 16.0 Å². The van der Waals surface area contributed by atoms with Gasteiger partial charge in [-0.25, -0.2) is 4.79 Å². The fraction of sp³-hybridized carbons (Fsp3) is 0.357. The maximum Gasteiger partial charge on any atom is 0.326 e. The van der Waals surface area contributed by atoms with E-state index in [1.807, 2.05) is 0 Å². The van der Waals surface area contributed by atoms with E-state index in [1.54, 1.807) is 42.5 Å². The van der Waals surface area contributed by atoms with Crippen molar-refractivity contribution >= 4 is 35.6 Å². The number of amides is 3. The van der Waals surface area contributed by atoms with Crippen molar-refractivity contribution in [3.63, 3.8) is 0 Å². The Morgan fingerprint density at radius 1 is 0.744 bits per heavy atom. The maximum atomic E-state index is 13.5. The van der Waals surface area contributed by atoms with Gasteiger partial charge in [-0.15, -0.1) is 0 Å². The van der Waals surface area contributed by atoms with Crippen LogP contribution in [-0.2, 0) is 36.8 Å². The van der Waals surface area contributed by atoms with Crippen LogP contribution in [-0.4, -0.2) is 81.7 Å². The van der Waals surface area contributed by atoms with Crippen LogP contribution in [0.4, 0.5) is 0 Å². The minimum absolute atomic E-state index is 0.0312. The summed E-state index contributed by atoms with van der Waals surface area (Å²) in [5, 5.41) is 35.1. The van der Waals surface area contributed by atoms with Crippen LogP contribution < -0.4 is 33.2 Å². The zero-order valence-corrected chi connectivity index (χ0v) is 23.3. The second kappa shape index (κ2) is 16.9. The number of benzene rings is 2. The summed E-state index contributed by atoms with van der Waals surface area (Å²) in [5.41, 5.74) is 18.1. The lowest BCUT2D eigenvalue weighted by atomic mass is 10.0.